The third-order valence-electron chi connectivity index (χ3n) is 2.66. The summed E-state index contributed by atoms with van der Waals surface area (Å²) in [5, 5.41) is 11.3. The third kappa shape index (κ3) is 3.00. The van der Waals surface area contributed by atoms with Crippen molar-refractivity contribution < 1.29 is 5.11 Å². The summed E-state index contributed by atoms with van der Waals surface area (Å²) in [5.41, 5.74) is 7.39. The second-order valence-corrected chi connectivity index (χ2v) is 4.83. The van der Waals surface area contributed by atoms with Gasteiger partial charge in [0.25, 0.3) is 0 Å². The van der Waals surface area contributed by atoms with Crippen LogP contribution in [0.15, 0.2) is 42.7 Å². The van der Waals surface area contributed by atoms with Gasteiger partial charge in [0.05, 0.1) is 17.2 Å². The Labute approximate surface area is 115 Å². The van der Waals surface area contributed by atoms with Crippen molar-refractivity contribution in [1.82, 2.24) is 4.98 Å². The van der Waals surface area contributed by atoms with Gasteiger partial charge < -0.3 is 10.8 Å². The number of aliphatic hydroxyl groups excluding tert-OH is 1. The predicted octanol–water partition coefficient (Wildman–Crippen LogP) is 3.12. The maximum absolute atomic E-state index is 10.2. The molecule has 0 aliphatic heterocycles. The highest BCUT2D eigenvalue weighted by molar-refractivity contribution is 6.30. The molecule has 0 saturated heterocycles. The monoisotopic (exact) mass is 282 g/mol. The van der Waals surface area contributed by atoms with Gasteiger partial charge in [-0.3, -0.25) is 4.98 Å². The minimum Gasteiger partial charge on any atom is -0.386 e. The lowest BCUT2D eigenvalue weighted by Crippen LogP contribution is -2.19. The van der Waals surface area contributed by atoms with E-state index in [9.17, 15) is 5.11 Å². The number of hydrogen-bond acceptors (Lipinski definition) is 3. The van der Waals surface area contributed by atoms with Crippen molar-refractivity contribution >= 4 is 23.2 Å². The second kappa shape index (κ2) is 5.67. The first-order valence-corrected chi connectivity index (χ1v) is 6.13. The smallest absolute Gasteiger partial charge is 0.0997 e. The van der Waals surface area contributed by atoms with Crippen LogP contribution < -0.4 is 5.73 Å². The minimum absolute atomic E-state index is 0.467. The molecule has 0 bridgehead atoms. The molecule has 0 saturated carbocycles. The van der Waals surface area contributed by atoms with E-state index in [1.165, 1.54) is 6.20 Å². The first-order chi connectivity index (χ1) is 8.58. The van der Waals surface area contributed by atoms with Crippen LogP contribution in [0.2, 0.25) is 10.0 Å². The van der Waals surface area contributed by atoms with Crippen LogP contribution in [0.1, 0.15) is 23.3 Å². The fourth-order valence-corrected chi connectivity index (χ4v) is 1.97. The van der Waals surface area contributed by atoms with Crippen LogP contribution in [0.25, 0.3) is 0 Å². The molecule has 0 aliphatic carbocycles. The number of aliphatic hydroxyl groups is 1. The summed E-state index contributed by atoms with van der Waals surface area (Å²) in [5.74, 6) is 0. The Morgan fingerprint density at radius 1 is 1.00 bits per heavy atom. The zero-order valence-corrected chi connectivity index (χ0v) is 10.9. The molecule has 2 unspecified atom stereocenters. The molecule has 2 rings (SSSR count). The Morgan fingerprint density at radius 2 is 1.67 bits per heavy atom. The summed E-state index contributed by atoms with van der Waals surface area (Å²) >= 11 is 11.6. The highest BCUT2D eigenvalue weighted by Gasteiger charge is 2.19. The van der Waals surface area contributed by atoms with Crippen molar-refractivity contribution in [1.29, 1.82) is 0 Å². The van der Waals surface area contributed by atoms with Crippen molar-refractivity contribution in [2.24, 2.45) is 5.73 Å². The van der Waals surface area contributed by atoms with E-state index in [0.29, 0.717) is 15.6 Å². The Hall–Kier alpha value is -1.13. The van der Waals surface area contributed by atoms with Crippen LogP contribution in [0.5, 0.6) is 0 Å². The van der Waals surface area contributed by atoms with Crippen molar-refractivity contribution in [2.75, 3.05) is 0 Å². The van der Waals surface area contributed by atoms with Crippen LogP contribution in [0, 0.1) is 0 Å². The molecule has 18 heavy (non-hydrogen) atoms. The number of pyridine rings is 1. The SMILES string of the molecule is NC(c1ccc(Cl)cc1)C(O)c1cncc(Cl)c1. The van der Waals surface area contributed by atoms with Crippen LogP contribution >= 0.6 is 23.2 Å². The van der Waals surface area contributed by atoms with Gasteiger partial charge in [0.1, 0.15) is 0 Å². The molecule has 0 fully saturated rings. The highest BCUT2D eigenvalue weighted by atomic mass is 35.5. The van der Waals surface area contributed by atoms with Gasteiger partial charge in [0.2, 0.25) is 0 Å². The molecule has 3 N–H and O–H groups in total. The van der Waals surface area contributed by atoms with Gasteiger partial charge in [-0.15, -0.1) is 0 Å². The van der Waals surface area contributed by atoms with E-state index in [1.807, 2.05) is 0 Å². The molecule has 1 aromatic carbocycles. The van der Waals surface area contributed by atoms with Crippen molar-refractivity contribution in [2.45, 2.75) is 12.1 Å². The number of hydrogen-bond donors (Lipinski definition) is 2. The van der Waals surface area contributed by atoms with E-state index in [4.69, 9.17) is 28.9 Å². The fraction of sp³-hybridized carbons (Fsp3) is 0.154. The minimum atomic E-state index is -0.864. The van der Waals surface area contributed by atoms with Gasteiger partial charge >= 0.3 is 0 Å². The molecule has 3 nitrogen and oxygen atoms in total. The van der Waals surface area contributed by atoms with E-state index in [1.54, 1.807) is 36.5 Å². The molecule has 0 aliphatic rings. The Balaban J connectivity index is 2.23. The molecular formula is C13H12Cl2N2O. The summed E-state index contributed by atoms with van der Waals surface area (Å²) in [4.78, 5) is 3.93. The zero-order chi connectivity index (χ0) is 13.1. The van der Waals surface area contributed by atoms with E-state index in [2.05, 4.69) is 4.98 Å². The standard InChI is InChI=1S/C13H12Cl2N2O/c14-10-3-1-8(2-4-10)12(16)13(18)9-5-11(15)7-17-6-9/h1-7,12-13,18H,16H2. The van der Waals surface area contributed by atoms with E-state index >= 15 is 0 Å². The highest BCUT2D eigenvalue weighted by Crippen LogP contribution is 2.28. The number of halogens is 2. The molecule has 0 amide bonds. The van der Waals surface area contributed by atoms with Gasteiger partial charge in [-0.25, -0.2) is 0 Å². The first kappa shape index (κ1) is 13.3. The summed E-state index contributed by atoms with van der Waals surface area (Å²) in [6.45, 7) is 0. The normalized spacial score (nSPS) is 14.2. The maximum atomic E-state index is 10.2. The van der Waals surface area contributed by atoms with Crippen LogP contribution in [0.4, 0.5) is 0 Å². The molecule has 5 heteroatoms. The lowest BCUT2D eigenvalue weighted by atomic mass is 9.98. The molecule has 1 aromatic heterocycles. The number of nitrogens with zero attached hydrogens (tertiary/aromatic N) is 1. The summed E-state index contributed by atoms with van der Waals surface area (Å²) < 4.78 is 0. The summed E-state index contributed by atoms with van der Waals surface area (Å²) in [7, 11) is 0. The average molecular weight is 283 g/mol. The number of rotatable bonds is 3. The lowest BCUT2D eigenvalue weighted by molar-refractivity contribution is 0.146. The molecule has 2 atom stereocenters. The topological polar surface area (TPSA) is 59.1 Å². The van der Waals surface area contributed by atoms with Gasteiger partial charge in [0, 0.05) is 23.0 Å². The average Bonchev–Trinajstić information content (AvgIpc) is 2.38. The maximum Gasteiger partial charge on any atom is 0.0997 e. The molecule has 0 spiro atoms. The Morgan fingerprint density at radius 3 is 2.28 bits per heavy atom. The lowest BCUT2D eigenvalue weighted by Gasteiger charge is -2.19. The quantitative estimate of drug-likeness (QED) is 0.909. The third-order valence-corrected chi connectivity index (χ3v) is 3.12. The van der Waals surface area contributed by atoms with Crippen LogP contribution in [0.3, 0.4) is 0 Å². The van der Waals surface area contributed by atoms with E-state index in [-0.39, 0.29) is 0 Å². The van der Waals surface area contributed by atoms with Gasteiger partial charge in [0.15, 0.2) is 0 Å². The summed E-state index contributed by atoms with van der Waals surface area (Å²) in [6, 6.07) is 8.14. The molecular weight excluding hydrogens is 271 g/mol. The molecule has 94 valence electrons. The van der Waals surface area contributed by atoms with Crippen molar-refractivity contribution in [3.05, 3.63) is 63.9 Å². The Kier molecular flexibility index (Phi) is 4.19. The van der Waals surface area contributed by atoms with E-state index in [0.717, 1.165) is 5.56 Å². The van der Waals surface area contributed by atoms with Crippen LogP contribution in [-0.2, 0) is 0 Å². The van der Waals surface area contributed by atoms with Gasteiger partial charge in [-0.1, -0.05) is 35.3 Å². The van der Waals surface area contributed by atoms with Gasteiger partial charge in [-0.2, -0.15) is 0 Å². The molecule has 1 heterocycles. The second-order valence-electron chi connectivity index (χ2n) is 3.96. The number of benzene rings is 1. The fourth-order valence-electron chi connectivity index (χ4n) is 1.66. The summed E-state index contributed by atoms with van der Waals surface area (Å²) in [6.07, 6.45) is 2.19. The number of nitrogens with two attached hydrogens (primary N) is 1. The van der Waals surface area contributed by atoms with Crippen molar-refractivity contribution in [3.8, 4) is 0 Å². The van der Waals surface area contributed by atoms with Crippen LogP contribution in [-0.4, -0.2) is 10.1 Å². The molecule has 2 aromatic rings. The van der Waals surface area contributed by atoms with E-state index < -0.39 is 12.1 Å². The number of aromatic nitrogens is 1. The van der Waals surface area contributed by atoms with Gasteiger partial charge in [-0.05, 0) is 23.8 Å². The predicted molar refractivity (Wildman–Crippen MR) is 72.6 cm³/mol. The van der Waals surface area contributed by atoms with Crippen molar-refractivity contribution in [3.63, 3.8) is 0 Å². The Bertz CT molecular complexity index is 531. The first-order valence-electron chi connectivity index (χ1n) is 5.37. The largest absolute Gasteiger partial charge is 0.386 e. The zero-order valence-electron chi connectivity index (χ0n) is 9.42. The molecule has 0 radical (unpaired) electrons.